The van der Waals surface area contributed by atoms with Crippen LogP contribution < -0.4 is 10.5 Å². The molecule has 0 aliphatic rings. The molecule has 1 aromatic heterocycles. The first-order valence-corrected chi connectivity index (χ1v) is 8.44. The van der Waals surface area contributed by atoms with Crippen molar-refractivity contribution in [2.24, 2.45) is 5.73 Å². The van der Waals surface area contributed by atoms with Gasteiger partial charge in [-0.3, -0.25) is 4.79 Å². The van der Waals surface area contributed by atoms with Crippen LogP contribution in [-0.4, -0.2) is 17.0 Å². The number of halogens is 4. The van der Waals surface area contributed by atoms with Crippen LogP contribution in [-0.2, 0) is 6.61 Å². The van der Waals surface area contributed by atoms with Crippen LogP contribution in [0.5, 0.6) is 5.75 Å². The molecule has 0 spiro atoms. The molecule has 2 aromatic carbocycles. The molecular weight excluding hydrogens is 407 g/mol. The van der Waals surface area contributed by atoms with Crippen molar-refractivity contribution in [3.63, 3.8) is 0 Å². The molecule has 0 atom stereocenters. The smallest absolute Gasteiger partial charge is 0.346 e. The number of aromatic carboxylic acids is 1. The maximum absolute atomic E-state index is 14.0. The van der Waals surface area contributed by atoms with Crippen LogP contribution in [0.25, 0.3) is 10.1 Å². The molecule has 1 heterocycles. The molecule has 0 fully saturated rings. The number of nitrogens with two attached hydrogens (primary N) is 1. The van der Waals surface area contributed by atoms with Gasteiger partial charge in [0.05, 0.1) is 5.02 Å². The molecule has 0 aliphatic carbocycles. The van der Waals surface area contributed by atoms with Crippen molar-refractivity contribution in [3.8, 4) is 5.75 Å². The first-order valence-electron chi connectivity index (χ1n) is 7.25. The lowest BCUT2D eigenvalue weighted by molar-refractivity contribution is 0.0699. The molecule has 0 saturated carbocycles. The highest BCUT2D eigenvalue weighted by atomic mass is 35.5. The average Bonchev–Trinajstić information content (AvgIpc) is 2.97. The van der Waals surface area contributed by atoms with Crippen molar-refractivity contribution < 1.29 is 32.6 Å². The molecule has 0 aliphatic heterocycles. The molecule has 3 rings (SSSR count). The van der Waals surface area contributed by atoms with E-state index in [4.69, 9.17) is 22.1 Å². The number of rotatable bonds is 5. The van der Waals surface area contributed by atoms with Gasteiger partial charge in [0.2, 0.25) is 5.91 Å². The number of ether oxygens (including phenoxy) is 1. The van der Waals surface area contributed by atoms with Crippen molar-refractivity contribution in [3.05, 3.63) is 62.7 Å². The highest BCUT2D eigenvalue weighted by Gasteiger charge is 2.23. The summed E-state index contributed by atoms with van der Waals surface area (Å²) in [5, 5.41) is 9.12. The van der Waals surface area contributed by atoms with Gasteiger partial charge in [-0.05, 0) is 24.3 Å². The molecule has 1 amide bonds. The Bertz CT molecular complexity index is 1080. The lowest BCUT2D eigenvalue weighted by Crippen LogP contribution is -2.12. The normalized spacial score (nSPS) is 11.0. The summed E-state index contributed by atoms with van der Waals surface area (Å²) in [5.41, 5.74) is 4.55. The fourth-order valence-corrected chi connectivity index (χ4v) is 3.87. The third-order valence-electron chi connectivity index (χ3n) is 3.68. The molecule has 0 bridgehead atoms. The minimum absolute atomic E-state index is 0.0234. The van der Waals surface area contributed by atoms with Gasteiger partial charge in [-0.2, -0.15) is 0 Å². The van der Waals surface area contributed by atoms with E-state index in [0.29, 0.717) is 16.8 Å². The lowest BCUT2D eigenvalue weighted by atomic mass is 10.1. The highest BCUT2D eigenvalue weighted by Crippen LogP contribution is 2.38. The quantitative estimate of drug-likeness (QED) is 0.648. The average molecular weight is 416 g/mol. The number of hydrogen-bond acceptors (Lipinski definition) is 4. The van der Waals surface area contributed by atoms with E-state index >= 15 is 0 Å². The lowest BCUT2D eigenvalue weighted by Gasteiger charge is -2.10. The van der Waals surface area contributed by atoms with Gasteiger partial charge in [0.25, 0.3) is 0 Å². The van der Waals surface area contributed by atoms with E-state index < -0.39 is 47.2 Å². The van der Waals surface area contributed by atoms with Crippen molar-refractivity contribution in [1.29, 1.82) is 0 Å². The first kappa shape index (κ1) is 19.0. The Morgan fingerprint density at radius 2 is 1.78 bits per heavy atom. The summed E-state index contributed by atoms with van der Waals surface area (Å²) < 4.78 is 47.3. The standard InChI is InChI=1S/C17H9ClF3NO4S/c18-13-8(19)1-2-11-12(13)7(15(27-11)17(24)25)5-26-14-9(20)3-6(16(22)23)4-10(14)21/h1-4H,5H2,(H2,22,23)(H,24,25). The van der Waals surface area contributed by atoms with Gasteiger partial charge in [0.15, 0.2) is 17.4 Å². The van der Waals surface area contributed by atoms with Gasteiger partial charge in [-0.1, -0.05) is 11.6 Å². The van der Waals surface area contributed by atoms with E-state index in [9.17, 15) is 27.9 Å². The van der Waals surface area contributed by atoms with Gasteiger partial charge >= 0.3 is 5.97 Å². The summed E-state index contributed by atoms with van der Waals surface area (Å²) in [4.78, 5) is 22.3. The predicted molar refractivity (Wildman–Crippen MR) is 93.0 cm³/mol. The summed E-state index contributed by atoms with van der Waals surface area (Å²) in [6.07, 6.45) is 0. The van der Waals surface area contributed by atoms with E-state index in [0.717, 1.165) is 17.4 Å². The second kappa shape index (κ2) is 7.09. The molecule has 5 nitrogen and oxygen atoms in total. The van der Waals surface area contributed by atoms with Crippen LogP contribution in [0.3, 0.4) is 0 Å². The Balaban J connectivity index is 2.05. The van der Waals surface area contributed by atoms with E-state index in [-0.39, 0.29) is 20.8 Å². The Hall–Kier alpha value is -2.78. The van der Waals surface area contributed by atoms with Gasteiger partial charge in [0, 0.05) is 21.2 Å². The van der Waals surface area contributed by atoms with Crippen LogP contribution in [0.2, 0.25) is 5.02 Å². The molecule has 0 unspecified atom stereocenters. The van der Waals surface area contributed by atoms with Crippen molar-refractivity contribution in [1.82, 2.24) is 0 Å². The number of fused-ring (bicyclic) bond motifs is 1. The molecular formula is C17H9ClF3NO4S. The summed E-state index contributed by atoms with van der Waals surface area (Å²) in [7, 11) is 0. The Morgan fingerprint density at radius 1 is 1.15 bits per heavy atom. The van der Waals surface area contributed by atoms with Crippen LogP contribution in [0.1, 0.15) is 25.6 Å². The zero-order chi connectivity index (χ0) is 19.9. The Labute approximate surface area is 158 Å². The van der Waals surface area contributed by atoms with Crippen molar-refractivity contribution in [2.45, 2.75) is 6.61 Å². The maximum Gasteiger partial charge on any atom is 0.346 e. The number of benzene rings is 2. The van der Waals surface area contributed by atoms with Crippen LogP contribution >= 0.6 is 22.9 Å². The summed E-state index contributed by atoms with van der Waals surface area (Å²) >= 11 is 6.76. The third-order valence-corrected chi connectivity index (χ3v) is 5.24. The molecule has 3 aromatic rings. The number of carboxylic acid groups (broad SMARTS) is 1. The molecule has 0 saturated heterocycles. The fourth-order valence-electron chi connectivity index (χ4n) is 2.48. The fraction of sp³-hybridized carbons (Fsp3) is 0.0588. The third kappa shape index (κ3) is 3.43. The topological polar surface area (TPSA) is 89.6 Å². The van der Waals surface area contributed by atoms with E-state index in [1.165, 1.54) is 6.07 Å². The number of primary amides is 1. The van der Waals surface area contributed by atoms with E-state index in [2.05, 4.69) is 0 Å². The van der Waals surface area contributed by atoms with E-state index in [1.807, 2.05) is 0 Å². The van der Waals surface area contributed by atoms with Gasteiger partial charge in [-0.15, -0.1) is 11.3 Å². The largest absolute Gasteiger partial charge is 0.483 e. The summed E-state index contributed by atoms with van der Waals surface area (Å²) in [6.45, 7) is -0.589. The minimum Gasteiger partial charge on any atom is -0.483 e. The van der Waals surface area contributed by atoms with Crippen LogP contribution in [0, 0.1) is 17.5 Å². The number of hydrogen-bond donors (Lipinski definition) is 2. The van der Waals surface area contributed by atoms with Crippen LogP contribution in [0.4, 0.5) is 13.2 Å². The van der Waals surface area contributed by atoms with Crippen molar-refractivity contribution in [2.75, 3.05) is 0 Å². The van der Waals surface area contributed by atoms with Gasteiger partial charge in [0.1, 0.15) is 17.3 Å². The zero-order valence-electron chi connectivity index (χ0n) is 13.2. The highest BCUT2D eigenvalue weighted by molar-refractivity contribution is 7.21. The Kier molecular flexibility index (Phi) is 4.99. The second-order valence-corrected chi connectivity index (χ2v) is 6.80. The molecule has 10 heteroatoms. The monoisotopic (exact) mass is 415 g/mol. The van der Waals surface area contributed by atoms with Gasteiger partial charge in [-0.25, -0.2) is 18.0 Å². The summed E-state index contributed by atoms with van der Waals surface area (Å²) in [6, 6.07) is 3.81. The SMILES string of the molecule is NC(=O)c1cc(F)c(OCc2c(C(=O)O)sc3ccc(F)c(Cl)c23)c(F)c1. The summed E-state index contributed by atoms with van der Waals surface area (Å²) in [5.74, 6) is -6.35. The first-order chi connectivity index (χ1) is 12.7. The zero-order valence-corrected chi connectivity index (χ0v) is 14.8. The number of carboxylic acids is 1. The van der Waals surface area contributed by atoms with Crippen LogP contribution in [0.15, 0.2) is 24.3 Å². The number of thiophene rings is 1. The number of amides is 1. The number of carbonyl (C=O) groups is 2. The maximum atomic E-state index is 14.0. The second-order valence-electron chi connectivity index (χ2n) is 5.37. The molecule has 27 heavy (non-hydrogen) atoms. The molecule has 0 radical (unpaired) electrons. The van der Waals surface area contributed by atoms with Crippen molar-refractivity contribution >= 4 is 44.9 Å². The predicted octanol–water partition coefficient (Wildman–Crippen LogP) is 4.35. The molecule has 140 valence electrons. The number of carbonyl (C=O) groups excluding carboxylic acids is 1. The van der Waals surface area contributed by atoms with E-state index in [1.54, 1.807) is 0 Å². The minimum atomic E-state index is -1.32. The molecule has 3 N–H and O–H groups in total. The Morgan fingerprint density at radius 3 is 2.33 bits per heavy atom. The van der Waals surface area contributed by atoms with Gasteiger partial charge < -0.3 is 15.6 Å².